The van der Waals surface area contributed by atoms with Crippen LogP contribution in [0.4, 0.5) is 0 Å². The number of amides is 2. The van der Waals surface area contributed by atoms with Crippen LogP contribution >= 0.6 is 0 Å². The minimum Gasteiger partial charge on any atom is -0.390 e. The van der Waals surface area contributed by atoms with Crippen LogP contribution in [-0.4, -0.2) is 76.3 Å². The smallest absolute Gasteiger partial charge is 0.390 e. The first-order chi connectivity index (χ1) is 22.4. The molecule has 0 aliphatic heterocycles. The number of rotatable bonds is 36. The monoisotopic (exact) mass is 672 g/mol. The highest BCUT2D eigenvalue weighted by molar-refractivity contribution is 6.59. The molecule has 2 amide bonds. The van der Waals surface area contributed by atoms with Gasteiger partial charge in [-0.05, 0) is 39.7 Å². The Balaban J connectivity index is 4.35. The average molecular weight is 672 g/mol. The maximum atomic E-state index is 12.6. The molecule has 8 nitrogen and oxygen atoms in total. The van der Waals surface area contributed by atoms with Gasteiger partial charge in [-0.3, -0.25) is 9.59 Å². The summed E-state index contributed by atoms with van der Waals surface area (Å²) in [5.74, 6) is 0.140. The Bertz CT molecular complexity index is 637. The van der Waals surface area contributed by atoms with Gasteiger partial charge in [0.15, 0.2) is 0 Å². The van der Waals surface area contributed by atoms with Gasteiger partial charge in [0.25, 0.3) is 0 Å². The molecule has 0 saturated carbocycles. The Labute approximate surface area is 286 Å². The van der Waals surface area contributed by atoms with Crippen molar-refractivity contribution in [3.05, 3.63) is 0 Å². The third-order valence-electron chi connectivity index (χ3n) is 8.72. The first-order valence-electron chi connectivity index (χ1n) is 19.7. The highest BCUT2D eigenvalue weighted by Gasteiger charge is 2.35. The van der Waals surface area contributed by atoms with Crippen LogP contribution in [0, 0.1) is 0 Å². The van der Waals surface area contributed by atoms with Crippen molar-refractivity contribution in [2.45, 2.75) is 181 Å². The van der Waals surface area contributed by atoms with Gasteiger partial charge >= 0.3 is 8.80 Å². The fourth-order valence-corrected chi connectivity index (χ4v) is 7.75. The molecule has 274 valence electrons. The molecule has 3 N–H and O–H groups in total. The minimum atomic E-state index is -3.18. The van der Waals surface area contributed by atoms with Crippen LogP contribution in [-0.2, 0) is 18.4 Å². The molecular formula is C37H77N3O5Si. The number of nitrogens with zero attached hydrogens (tertiary/aromatic N) is 1. The molecule has 0 atom stereocenters. The number of unbranched alkanes of at least 4 members (excludes halogenated alkanes) is 18. The highest BCUT2D eigenvalue weighted by atomic mass is 28.4. The molecule has 0 heterocycles. The van der Waals surface area contributed by atoms with Crippen LogP contribution in [0.1, 0.15) is 175 Å². The molecule has 0 bridgehead atoms. The van der Waals surface area contributed by atoms with Crippen LogP contribution in [0.25, 0.3) is 0 Å². The summed E-state index contributed by atoms with van der Waals surface area (Å²) in [6.45, 7) is 12.4. The molecule has 0 rings (SSSR count). The van der Waals surface area contributed by atoms with Crippen LogP contribution in [0.15, 0.2) is 0 Å². The second kappa shape index (κ2) is 33.9. The van der Waals surface area contributed by atoms with Crippen molar-refractivity contribution in [2.75, 3.05) is 45.9 Å². The first-order valence-corrected chi connectivity index (χ1v) is 21.6. The zero-order chi connectivity index (χ0) is 34.0. The van der Waals surface area contributed by atoms with Crippen LogP contribution in [0.3, 0.4) is 0 Å². The normalized spacial score (nSPS) is 11.8. The Kier molecular flexibility index (Phi) is 33.1. The molecule has 0 radical (unpaired) electrons. The van der Waals surface area contributed by atoms with Crippen molar-refractivity contribution in [3.63, 3.8) is 0 Å². The van der Waals surface area contributed by atoms with E-state index in [9.17, 15) is 14.4 Å². The van der Waals surface area contributed by atoms with Crippen LogP contribution < -0.4 is 10.6 Å². The van der Waals surface area contributed by atoms with E-state index in [1.165, 1.54) is 116 Å². The van der Waals surface area contributed by atoms with Gasteiger partial charge in [-0.15, -0.1) is 0 Å². The molecular weight excluding hydrogens is 595 g/mol. The molecule has 0 aliphatic carbocycles. The van der Waals surface area contributed by atoms with Crippen molar-refractivity contribution in [1.29, 1.82) is 0 Å². The Morgan fingerprint density at radius 3 is 1.22 bits per heavy atom. The molecule has 0 unspecified atom stereocenters. The van der Waals surface area contributed by atoms with E-state index in [4.69, 9.17) is 8.85 Å². The topological polar surface area (TPSA) is 100 Å². The predicted molar refractivity (Wildman–Crippen MR) is 196 cm³/mol. The summed E-state index contributed by atoms with van der Waals surface area (Å²) in [6.07, 6.45) is 27.2. The van der Waals surface area contributed by atoms with E-state index in [1.54, 1.807) is 0 Å². The maximum Gasteiger partial charge on any atom is 0.498 e. The zero-order valence-corrected chi connectivity index (χ0v) is 31.9. The summed E-state index contributed by atoms with van der Waals surface area (Å²) in [5.41, 5.74) is 0. The van der Waals surface area contributed by atoms with E-state index in [2.05, 4.69) is 29.4 Å². The van der Waals surface area contributed by atoms with Crippen LogP contribution in [0.2, 0.25) is 6.04 Å². The second-order valence-electron chi connectivity index (χ2n) is 13.1. The quantitative estimate of drug-likeness (QED) is 0.0456. The first kappa shape index (κ1) is 45.0. The van der Waals surface area contributed by atoms with Crippen molar-refractivity contribution in [2.24, 2.45) is 0 Å². The van der Waals surface area contributed by atoms with E-state index >= 15 is 0 Å². The lowest BCUT2D eigenvalue weighted by molar-refractivity contribution is -0.121. The van der Waals surface area contributed by atoms with Crippen LogP contribution in [0.5, 0.6) is 0 Å². The molecule has 9 heteroatoms. The lowest BCUT2D eigenvalue weighted by atomic mass is 10.1. The van der Waals surface area contributed by atoms with E-state index in [0.717, 1.165) is 25.9 Å². The summed E-state index contributed by atoms with van der Waals surface area (Å²) in [4.78, 5) is 38.1. The summed E-state index contributed by atoms with van der Waals surface area (Å²) in [6, 6.07) is 0.473. The van der Waals surface area contributed by atoms with E-state index in [-0.39, 0.29) is 11.8 Å². The predicted octanol–water partition coefficient (Wildman–Crippen LogP) is 8.54. The Morgan fingerprint density at radius 2 is 0.870 bits per heavy atom. The minimum absolute atomic E-state index is 0.0702. The molecule has 0 aromatic heterocycles. The molecule has 0 aromatic carbocycles. The standard InChI is InChI=1S/C37H77N3O5Si/c1-5-9-11-13-15-17-19-21-23-25-30-38-36(41)28-33-40(32-27-35-46(43,44-7-3)45-8-4)34-29-37(42)39-31-26-24-22-20-18-16-14-12-10-6-2/h43H,5-35H2,1-4H3,(H,38,41)(H,39,42). The maximum absolute atomic E-state index is 12.6. The van der Waals surface area contributed by atoms with E-state index in [1.807, 2.05) is 13.8 Å². The third-order valence-corrected chi connectivity index (χ3v) is 11.2. The van der Waals surface area contributed by atoms with Crippen molar-refractivity contribution in [3.8, 4) is 0 Å². The van der Waals surface area contributed by atoms with Gasteiger partial charge < -0.3 is 29.2 Å². The summed E-state index contributed by atoms with van der Waals surface area (Å²) in [5, 5.41) is 6.18. The van der Waals surface area contributed by atoms with Gasteiger partial charge in [-0.1, -0.05) is 129 Å². The summed E-state index contributed by atoms with van der Waals surface area (Å²) < 4.78 is 11.2. The summed E-state index contributed by atoms with van der Waals surface area (Å²) in [7, 11) is -3.18. The largest absolute Gasteiger partial charge is 0.498 e. The molecule has 0 spiro atoms. The lowest BCUT2D eigenvalue weighted by Crippen LogP contribution is -2.43. The molecule has 0 aliphatic rings. The van der Waals surface area contributed by atoms with Gasteiger partial charge in [-0.2, -0.15) is 0 Å². The fraction of sp³-hybridized carbons (Fsp3) is 0.946. The number of hydrogen-bond acceptors (Lipinski definition) is 6. The van der Waals surface area contributed by atoms with E-state index in [0.29, 0.717) is 58.2 Å². The molecule has 0 aromatic rings. The average Bonchev–Trinajstić information content (AvgIpc) is 3.03. The number of hydrogen-bond donors (Lipinski definition) is 3. The van der Waals surface area contributed by atoms with Gasteiger partial charge in [0.05, 0.1) is 0 Å². The van der Waals surface area contributed by atoms with Gasteiger partial charge in [-0.25, -0.2) is 0 Å². The van der Waals surface area contributed by atoms with Crippen molar-refractivity contribution >= 4 is 20.6 Å². The number of carbonyl (C=O) groups is 2. The summed E-state index contributed by atoms with van der Waals surface area (Å²) >= 11 is 0. The molecule has 0 fully saturated rings. The SMILES string of the molecule is CCCCCCCCCCCCNC(=O)CCN(CCC[Si](O)(OCC)OCC)CCC(=O)NCCCCCCCCCCCC. The Morgan fingerprint density at radius 1 is 0.522 bits per heavy atom. The number of nitrogens with one attached hydrogen (secondary N) is 2. The molecule has 46 heavy (non-hydrogen) atoms. The fourth-order valence-electron chi connectivity index (χ4n) is 5.88. The lowest BCUT2D eigenvalue weighted by Gasteiger charge is -2.26. The molecule has 0 saturated heterocycles. The third kappa shape index (κ3) is 30.3. The zero-order valence-electron chi connectivity index (χ0n) is 30.9. The van der Waals surface area contributed by atoms with Gasteiger partial charge in [0, 0.05) is 58.3 Å². The Hall–Kier alpha value is -1.00. The van der Waals surface area contributed by atoms with E-state index < -0.39 is 8.80 Å². The second-order valence-corrected chi connectivity index (χ2v) is 15.6. The van der Waals surface area contributed by atoms with Crippen molar-refractivity contribution in [1.82, 2.24) is 15.5 Å². The van der Waals surface area contributed by atoms with Gasteiger partial charge in [0.1, 0.15) is 0 Å². The highest BCUT2D eigenvalue weighted by Crippen LogP contribution is 2.14. The van der Waals surface area contributed by atoms with Gasteiger partial charge in [0.2, 0.25) is 11.8 Å². The number of carbonyl (C=O) groups excluding carboxylic acids is 2. The van der Waals surface area contributed by atoms with Crippen molar-refractivity contribution < 1.29 is 23.2 Å².